The minimum atomic E-state index is -3.13. The van der Waals surface area contributed by atoms with E-state index >= 15 is 0 Å². The minimum Gasteiger partial charge on any atom is -0.383 e. The number of amides is 3. The van der Waals surface area contributed by atoms with Crippen LogP contribution < -0.4 is 27.2 Å². The maximum absolute atomic E-state index is 13.9. The van der Waals surface area contributed by atoms with Gasteiger partial charge < -0.3 is 26.2 Å². The number of anilines is 3. The van der Waals surface area contributed by atoms with E-state index in [0.29, 0.717) is 16.9 Å². The van der Waals surface area contributed by atoms with E-state index in [2.05, 4.69) is 20.9 Å². The van der Waals surface area contributed by atoms with Gasteiger partial charge in [0, 0.05) is 25.0 Å². The normalized spacial score (nSPS) is 10.9. The van der Waals surface area contributed by atoms with Gasteiger partial charge in [-0.25, -0.2) is 18.2 Å². The summed E-state index contributed by atoms with van der Waals surface area (Å²) in [5.74, 6) is -3.43. The average Bonchev–Trinajstić information content (AvgIpc) is 3.20. The second-order valence-corrected chi connectivity index (χ2v) is 9.02. The highest BCUT2D eigenvalue weighted by Gasteiger charge is 2.26. The van der Waals surface area contributed by atoms with Crippen molar-refractivity contribution in [1.29, 1.82) is 0 Å². The van der Waals surface area contributed by atoms with Crippen molar-refractivity contribution in [3.05, 3.63) is 93.0 Å². The van der Waals surface area contributed by atoms with Gasteiger partial charge in [-0.1, -0.05) is 12.1 Å². The van der Waals surface area contributed by atoms with Gasteiger partial charge >= 0.3 is 0 Å². The fourth-order valence-corrected chi connectivity index (χ4v) is 4.20. The molecule has 0 aliphatic rings. The number of nitrogens with one attached hydrogen (secondary N) is 3. The van der Waals surface area contributed by atoms with Crippen molar-refractivity contribution >= 4 is 34.8 Å². The van der Waals surface area contributed by atoms with E-state index in [4.69, 9.17) is 10.3 Å². The van der Waals surface area contributed by atoms with Crippen molar-refractivity contribution in [2.75, 3.05) is 22.5 Å². The Morgan fingerprint density at radius 2 is 1.64 bits per heavy atom. The fraction of sp³-hybridized carbons (Fsp3) is 0.179. The molecule has 5 N–H and O–H groups in total. The third-order valence-corrected chi connectivity index (χ3v) is 6.12. The molecule has 42 heavy (non-hydrogen) atoms. The van der Waals surface area contributed by atoms with E-state index in [1.54, 1.807) is 26.0 Å². The number of halogens is 3. The number of hydrogen-bond donors (Lipinski definition) is 4. The molecule has 0 radical (unpaired) electrons. The van der Waals surface area contributed by atoms with Gasteiger partial charge in [0.2, 0.25) is 0 Å². The Hall–Kier alpha value is -5.40. The number of carbonyl (C=O) groups excluding carboxylic acids is 3. The second kappa shape index (κ2) is 12.0. The van der Waals surface area contributed by atoms with Crippen molar-refractivity contribution < 1.29 is 32.1 Å². The Morgan fingerprint density at radius 1 is 1.00 bits per heavy atom. The number of aryl methyl sites for hydroxylation is 2. The van der Waals surface area contributed by atoms with Gasteiger partial charge in [-0.15, -0.1) is 0 Å². The third-order valence-electron chi connectivity index (χ3n) is 6.12. The zero-order valence-electron chi connectivity index (χ0n) is 22.6. The van der Waals surface area contributed by atoms with Crippen molar-refractivity contribution in [3.8, 4) is 11.1 Å². The first-order valence-electron chi connectivity index (χ1n) is 12.5. The Morgan fingerprint density at radius 3 is 2.21 bits per heavy atom. The summed E-state index contributed by atoms with van der Waals surface area (Å²) < 4.78 is 47.9. The molecule has 4 rings (SSSR count). The molecule has 2 heterocycles. The molecule has 0 aliphatic heterocycles. The van der Waals surface area contributed by atoms with Crippen LogP contribution in [0.15, 0.2) is 57.8 Å². The summed E-state index contributed by atoms with van der Waals surface area (Å²) >= 11 is 0. The third kappa shape index (κ3) is 6.01. The van der Waals surface area contributed by atoms with Crippen LogP contribution in [0.3, 0.4) is 0 Å². The first-order valence-corrected chi connectivity index (χ1v) is 12.5. The van der Waals surface area contributed by atoms with E-state index in [9.17, 15) is 32.3 Å². The second-order valence-electron chi connectivity index (χ2n) is 9.02. The summed E-state index contributed by atoms with van der Waals surface area (Å²) in [6, 6.07) is 10.1. The summed E-state index contributed by atoms with van der Waals surface area (Å²) in [6.07, 6.45) is -3.13. The number of benzene rings is 2. The van der Waals surface area contributed by atoms with Crippen LogP contribution in [-0.4, -0.2) is 34.0 Å². The van der Waals surface area contributed by atoms with Crippen molar-refractivity contribution in [2.24, 2.45) is 12.8 Å². The van der Waals surface area contributed by atoms with Gasteiger partial charge in [0.05, 0.1) is 22.4 Å². The van der Waals surface area contributed by atoms with E-state index in [1.807, 2.05) is 0 Å². The maximum atomic E-state index is 13.9. The van der Waals surface area contributed by atoms with Crippen LogP contribution in [0.4, 0.5) is 30.2 Å². The molecule has 2 aromatic carbocycles. The lowest BCUT2D eigenvalue weighted by molar-refractivity contribution is 0.0989. The summed E-state index contributed by atoms with van der Waals surface area (Å²) in [5.41, 5.74) is 3.60. The zero-order chi connectivity index (χ0) is 30.7. The number of nitrogens with two attached hydrogens (primary N) is 1. The zero-order valence-corrected chi connectivity index (χ0v) is 22.6. The molecule has 14 heteroatoms. The van der Waals surface area contributed by atoms with Crippen LogP contribution in [-0.2, 0) is 7.05 Å². The lowest BCUT2D eigenvalue weighted by Gasteiger charge is -2.17. The van der Waals surface area contributed by atoms with Gasteiger partial charge in [0.1, 0.15) is 17.3 Å². The van der Waals surface area contributed by atoms with Gasteiger partial charge in [-0.05, 0) is 55.8 Å². The molecule has 0 spiro atoms. The number of hydrogen-bond acceptors (Lipinski definition) is 7. The van der Waals surface area contributed by atoms with Crippen molar-refractivity contribution in [3.63, 3.8) is 0 Å². The SMILES string of the molecule is CCNc1c(C(=O)Nc2ccc(-c3c(C)on(C)c3=O)cc2)cc(C(F)F)nc1C(=O)Nc1ccc(F)c(C(N)=O)c1. The molecular formula is C28H25F3N6O5. The largest absolute Gasteiger partial charge is 0.383 e. The average molecular weight is 583 g/mol. The molecule has 0 bridgehead atoms. The van der Waals surface area contributed by atoms with Crippen LogP contribution >= 0.6 is 0 Å². The van der Waals surface area contributed by atoms with Crippen molar-refractivity contribution in [1.82, 2.24) is 9.72 Å². The highest BCUT2D eigenvalue weighted by Crippen LogP contribution is 2.29. The predicted octanol–water partition coefficient (Wildman–Crippen LogP) is 4.46. The van der Waals surface area contributed by atoms with Crippen LogP contribution in [0.2, 0.25) is 0 Å². The number of pyridine rings is 1. The summed E-state index contributed by atoms with van der Waals surface area (Å²) in [6.45, 7) is 3.48. The Kier molecular flexibility index (Phi) is 8.45. The number of alkyl halides is 2. The van der Waals surface area contributed by atoms with E-state index < -0.39 is 46.9 Å². The first-order chi connectivity index (χ1) is 19.9. The number of carbonyl (C=O) groups is 3. The maximum Gasteiger partial charge on any atom is 0.290 e. The van der Waals surface area contributed by atoms with Crippen LogP contribution in [0.5, 0.6) is 0 Å². The molecule has 4 aromatic rings. The topological polar surface area (TPSA) is 161 Å². The molecule has 2 aromatic heterocycles. The van der Waals surface area contributed by atoms with Gasteiger partial charge in [0.25, 0.3) is 29.7 Å². The molecule has 11 nitrogen and oxygen atoms in total. The van der Waals surface area contributed by atoms with Crippen LogP contribution in [0.1, 0.15) is 56.0 Å². The Balaban J connectivity index is 1.68. The predicted molar refractivity (Wildman–Crippen MR) is 148 cm³/mol. The number of primary amides is 1. The van der Waals surface area contributed by atoms with E-state index in [0.717, 1.165) is 29.0 Å². The molecule has 0 fully saturated rings. The van der Waals surface area contributed by atoms with Gasteiger partial charge in [-0.2, -0.15) is 4.74 Å². The van der Waals surface area contributed by atoms with E-state index in [-0.39, 0.29) is 34.7 Å². The quantitative estimate of drug-likeness (QED) is 0.227. The number of aromatic nitrogens is 2. The molecule has 0 saturated heterocycles. The van der Waals surface area contributed by atoms with Gasteiger partial charge in [0.15, 0.2) is 5.69 Å². The lowest BCUT2D eigenvalue weighted by Crippen LogP contribution is -2.23. The Labute approximate surface area is 236 Å². The molecule has 0 aliphatic carbocycles. The minimum absolute atomic E-state index is 0.0596. The van der Waals surface area contributed by atoms with Crippen molar-refractivity contribution in [2.45, 2.75) is 20.3 Å². The standard InChI is InChI=1S/C28H25F3N6O5/c1-4-33-22-18(26(39)34-15-7-5-14(6-8-15)21-13(2)42-37(3)28(21)41)12-20(24(30)31)36-23(22)27(40)35-16-9-10-19(29)17(11-16)25(32)38/h5-12,24,33H,4H2,1-3H3,(H2,32,38)(H,34,39)(H,35,40). The molecule has 0 unspecified atom stereocenters. The Bertz CT molecular complexity index is 1750. The molecular weight excluding hydrogens is 557 g/mol. The molecule has 0 atom stereocenters. The molecule has 0 saturated carbocycles. The summed E-state index contributed by atoms with van der Waals surface area (Å²) in [7, 11) is 1.48. The first kappa shape index (κ1) is 29.6. The number of nitrogens with zero attached hydrogens (tertiary/aromatic N) is 2. The highest BCUT2D eigenvalue weighted by molar-refractivity contribution is 6.14. The monoisotopic (exact) mass is 582 g/mol. The van der Waals surface area contributed by atoms with E-state index in [1.165, 1.54) is 19.2 Å². The van der Waals surface area contributed by atoms with Crippen LogP contribution in [0, 0.1) is 12.7 Å². The highest BCUT2D eigenvalue weighted by atomic mass is 19.3. The molecule has 3 amide bonds. The number of rotatable bonds is 9. The van der Waals surface area contributed by atoms with Crippen LogP contribution in [0.25, 0.3) is 11.1 Å². The van der Waals surface area contributed by atoms with Gasteiger partial charge in [-0.3, -0.25) is 19.2 Å². The fourth-order valence-electron chi connectivity index (χ4n) is 4.20. The smallest absolute Gasteiger partial charge is 0.290 e. The lowest BCUT2D eigenvalue weighted by atomic mass is 10.1. The summed E-state index contributed by atoms with van der Waals surface area (Å²) in [4.78, 5) is 54.1. The molecule has 218 valence electrons. The summed E-state index contributed by atoms with van der Waals surface area (Å²) in [5, 5.41) is 7.78.